The molecule has 0 fully saturated rings. The molecule has 0 rings (SSSR count). The molecule has 0 unspecified atom stereocenters. The van der Waals surface area contributed by atoms with Crippen LogP contribution in [0.5, 0.6) is 0 Å². The van der Waals surface area contributed by atoms with Crippen LogP contribution in [-0.2, 0) is 9.53 Å². The fraction of sp³-hybridized carbons (Fsp3) is 0.846. The Kier molecular flexibility index (Phi) is 9.25. The normalized spacial score (nSPS) is 11.0. The van der Waals surface area contributed by atoms with E-state index >= 15 is 0 Å². The highest BCUT2D eigenvalue weighted by molar-refractivity contribution is 5.77. The Hall–Kier alpha value is -1.12. The van der Waals surface area contributed by atoms with Crippen molar-refractivity contribution in [3.05, 3.63) is 0 Å². The molecule has 5 nitrogen and oxygen atoms in total. The first-order valence-corrected chi connectivity index (χ1v) is 6.39. The summed E-state index contributed by atoms with van der Waals surface area (Å²) in [7, 11) is 1.60. The molecule has 0 bridgehead atoms. The monoisotopic (exact) mass is 255 g/mol. The molecule has 2 N–H and O–H groups in total. The molecule has 0 atom stereocenters. The SMILES string of the molecule is COCCNC(=O)CNCCCCC(C)(C)C#N. The van der Waals surface area contributed by atoms with Gasteiger partial charge in [-0.3, -0.25) is 4.79 Å². The molecule has 0 aliphatic carbocycles. The summed E-state index contributed by atoms with van der Waals surface area (Å²) in [6, 6.07) is 2.28. The van der Waals surface area contributed by atoms with Crippen molar-refractivity contribution in [2.24, 2.45) is 5.41 Å². The maximum Gasteiger partial charge on any atom is 0.234 e. The van der Waals surface area contributed by atoms with E-state index in [0.29, 0.717) is 19.7 Å². The maximum atomic E-state index is 11.3. The number of nitrogens with zero attached hydrogens (tertiary/aromatic N) is 1. The number of nitriles is 1. The molecule has 18 heavy (non-hydrogen) atoms. The van der Waals surface area contributed by atoms with E-state index in [1.807, 2.05) is 13.8 Å². The van der Waals surface area contributed by atoms with E-state index < -0.39 is 0 Å². The van der Waals surface area contributed by atoms with E-state index in [9.17, 15) is 4.79 Å². The number of carbonyl (C=O) groups is 1. The average molecular weight is 255 g/mol. The van der Waals surface area contributed by atoms with E-state index in [2.05, 4.69) is 16.7 Å². The van der Waals surface area contributed by atoms with Gasteiger partial charge in [-0.15, -0.1) is 0 Å². The summed E-state index contributed by atoms with van der Waals surface area (Å²) in [6.07, 6.45) is 2.88. The minimum atomic E-state index is -0.239. The van der Waals surface area contributed by atoms with Crippen molar-refractivity contribution in [1.82, 2.24) is 10.6 Å². The number of amides is 1. The number of nitrogens with one attached hydrogen (secondary N) is 2. The molecule has 5 heteroatoms. The minimum Gasteiger partial charge on any atom is -0.383 e. The van der Waals surface area contributed by atoms with Crippen molar-refractivity contribution < 1.29 is 9.53 Å². The predicted molar refractivity (Wildman–Crippen MR) is 71.0 cm³/mol. The fourth-order valence-electron chi connectivity index (χ4n) is 1.43. The van der Waals surface area contributed by atoms with Crippen molar-refractivity contribution in [2.45, 2.75) is 33.1 Å². The highest BCUT2D eigenvalue weighted by Gasteiger charge is 2.15. The molecule has 0 heterocycles. The minimum absolute atomic E-state index is 0.00981. The van der Waals surface area contributed by atoms with Crippen LogP contribution in [0, 0.1) is 16.7 Å². The summed E-state index contributed by atoms with van der Waals surface area (Å²) in [5, 5.41) is 14.7. The molecular weight excluding hydrogens is 230 g/mol. The van der Waals surface area contributed by atoms with E-state index in [-0.39, 0.29) is 11.3 Å². The summed E-state index contributed by atoms with van der Waals surface area (Å²) >= 11 is 0. The van der Waals surface area contributed by atoms with Crippen molar-refractivity contribution in [1.29, 1.82) is 5.26 Å². The number of rotatable bonds is 10. The van der Waals surface area contributed by atoms with Crippen LogP contribution >= 0.6 is 0 Å². The van der Waals surface area contributed by atoms with Gasteiger partial charge >= 0.3 is 0 Å². The second-order valence-corrected chi connectivity index (χ2v) is 4.97. The fourth-order valence-corrected chi connectivity index (χ4v) is 1.43. The third-order valence-electron chi connectivity index (χ3n) is 2.62. The molecule has 0 aliphatic heterocycles. The second kappa shape index (κ2) is 9.86. The average Bonchev–Trinajstić information content (AvgIpc) is 2.34. The smallest absolute Gasteiger partial charge is 0.234 e. The van der Waals surface area contributed by atoms with Crippen molar-refractivity contribution >= 4 is 5.91 Å². The van der Waals surface area contributed by atoms with E-state index in [1.54, 1.807) is 7.11 Å². The van der Waals surface area contributed by atoms with Crippen molar-refractivity contribution in [3.8, 4) is 6.07 Å². The summed E-state index contributed by atoms with van der Waals surface area (Å²) in [4.78, 5) is 11.3. The number of unbranched alkanes of at least 4 members (excludes halogenated alkanes) is 1. The molecule has 0 saturated heterocycles. The third kappa shape index (κ3) is 10.1. The summed E-state index contributed by atoms with van der Waals surface area (Å²) in [5.41, 5.74) is -0.239. The Morgan fingerprint density at radius 2 is 2.06 bits per heavy atom. The zero-order valence-corrected chi connectivity index (χ0v) is 11.7. The van der Waals surface area contributed by atoms with Gasteiger partial charge in [0.1, 0.15) is 0 Å². The van der Waals surface area contributed by atoms with Crippen LogP contribution in [-0.4, -0.2) is 39.3 Å². The standard InChI is InChI=1S/C13H25N3O2/c1-13(2,11-14)6-4-5-7-15-10-12(17)16-8-9-18-3/h15H,4-10H2,1-3H3,(H,16,17). The molecule has 1 amide bonds. The molecule has 0 aromatic rings. The van der Waals surface area contributed by atoms with E-state index in [1.165, 1.54) is 0 Å². The molecule has 0 saturated carbocycles. The van der Waals surface area contributed by atoms with Crippen LogP contribution in [0.4, 0.5) is 0 Å². The third-order valence-corrected chi connectivity index (χ3v) is 2.62. The molecule has 0 spiro atoms. The quantitative estimate of drug-likeness (QED) is 0.572. The number of ether oxygens (including phenoxy) is 1. The number of methoxy groups -OCH3 is 1. The second-order valence-electron chi connectivity index (χ2n) is 4.97. The van der Waals surface area contributed by atoms with Gasteiger partial charge in [0.15, 0.2) is 0 Å². The van der Waals surface area contributed by atoms with Crippen LogP contribution in [0.25, 0.3) is 0 Å². The van der Waals surface area contributed by atoms with Gasteiger partial charge in [0.25, 0.3) is 0 Å². The van der Waals surface area contributed by atoms with Gasteiger partial charge in [-0.1, -0.05) is 6.42 Å². The van der Waals surface area contributed by atoms with Crippen LogP contribution in [0.3, 0.4) is 0 Å². The Morgan fingerprint density at radius 1 is 1.33 bits per heavy atom. The van der Waals surface area contributed by atoms with Gasteiger partial charge in [-0.25, -0.2) is 0 Å². The van der Waals surface area contributed by atoms with Crippen LogP contribution < -0.4 is 10.6 Å². The van der Waals surface area contributed by atoms with Gasteiger partial charge in [-0.05, 0) is 33.2 Å². The Morgan fingerprint density at radius 3 is 2.67 bits per heavy atom. The maximum absolute atomic E-state index is 11.3. The lowest BCUT2D eigenvalue weighted by Gasteiger charge is -2.14. The van der Waals surface area contributed by atoms with Crippen LogP contribution in [0.2, 0.25) is 0 Å². The molecule has 0 aliphatic rings. The Balaban J connectivity index is 3.36. The van der Waals surface area contributed by atoms with Gasteiger partial charge in [0.2, 0.25) is 5.91 Å². The largest absolute Gasteiger partial charge is 0.383 e. The highest BCUT2D eigenvalue weighted by atomic mass is 16.5. The molecule has 0 aromatic carbocycles. The Labute approximate surface area is 110 Å². The van der Waals surface area contributed by atoms with Gasteiger partial charge in [-0.2, -0.15) is 5.26 Å². The first-order chi connectivity index (χ1) is 8.52. The number of hydrogen-bond donors (Lipinski definition) is 2. The Bertz CT molecular complexity index is 272. The zero-order valence-electron chi connectivity index (χ0n) is 11.7. The van der Waals surface area contributed by atoms with Crippen molar-refractivity contribution in [3.63, 3.8) is 0 Å². The lowest BCUT2D eigenvalue weighted by atomic mass is 9.89. The summed E-state index contributed by atoms with van der Waals surface area (Å²) in [5.74, 6) is -0.00981. The highest BCUT2D eigenvalue weighted by Crippen LogP contribution is 2.21. The molecular formula is C13H25N3O2. The first kappa shape index (κ1) is 16.9. The first-order valence-electron chi connectivity index (χ1n) is 6.39. The topological polar surface area (TPSA) is 74.2 Å². The van der Waals surface area contributed by atoms with E-state index in [4.69, 9.17) is 10.00 Å². The predicted octanol–water partition coefficient (Wildman–Crippen LogP) is 1.06. The molecule has 104 valence electrons. The van der Waals surface area contributed by atoms with Gasteiger partial charge in [0.05, 0.1) is 24.6 Å². The summed E-state index contributed by atoms with van der Waals surface area (Å²) < 4.78 is 4.83. The van der Waals surface area contributed by atoms with Crippen LogP contribution in [0.1, 0.15) is 33.1 Å². The molecule has 0 aromatic heterocycles. The number of hydrogen-bond acceptors (Lipinski definition) is 4. The van der Waals surface area contributed by atoms with Gasteiger partial charge < -0.3 is 15.4 Å². The number of carbonyl (C=O) groups excluding carboxylic acids is 1. The molecule has 0 radical (unpaired) electrons. The van der Waals surface area contributed by atoms with Crippen molar-refractivity contribution in [2.75, 3.05) is 33.4 Å². The van der Waals surface area contributed by atoms with Gasteiger partial charge in [0, 0.05) is 13.7 Å². The lowest BCUT2D eigenvalue weighted by Crippen LogP contribution is -2.35. The van der Waals surface area contributed by atoms with E-state index in [0.717, 1.165) is 25.8 Å². The van der Waals surface area contributed by atoms with Crippen LogP contribution in [0.15, 0.2) is 0 Å². The zero-order chi connectivity index (χ0) is 13.9. The lowest BCUT2D eigenvalue weighted by molar-refractivity contribution is -0.120. The summed E-state index contributed by atoms with van der Waals surface area (Å²) in [6.45, 7) is 6.13.